The number of carbonyl (C=O) groups is 1. The minimum absolute atomic E-state index is 0.0290. The molecule has 5 rings (SSSR count). The van der Waals surface area contributed by atoms with E-state index in [9.17, 15) is 4.79 Å². The van der Waals surface area contributed by atoms with Gasteiger partial charge < -0.3 is 13.8 Å². The van der Waals surface area contributed by atoms with Crippen molar-refractivity contribution in [2.45, 2.75) is 23.1 Å². The van der Waals surface area contributed by atoms with E-state index < -0.39 is 0 Å². The van der Waals surface area contributed by atoms with Gasteiger partial charge in [0.2, 0.25) is 5.82 Å². The molecule has 2 aromatic heterocycles. The maximum Gasteiger partial charge on any atom is 0.259 e. The lowest BCUT2D eigenvalue weighted by atomic mass is 10.1. The standard InChI is InChI=1S/C24H19N3O3S/c1-2-13-27-19-11-9-16(15-21(19)31-20-8-4-3-7-18(20)24(27)28)23-25-22(30-26-23)12-10-17-6-5-14-29-17/h3-12,14-15H,2,13H2,1H3/b12-10+. The van der Waals surface area contributed by atoms with Crippen LogP contribution in [-0.4, -0.2) is 22.6 Å². The predicted octanol–water partition coefficient (Wildman–Crippen LogP) is 6.02. The molecule has 0 aliphatic carbocycles. The average Bonchev–Trinajstić information content (AvgIpc) is 3.46. The third kappa shape index (κ3) is 3.80. The largest absolute Gasteiger partial charge is 0.465 e. The van der Waals surface area contributed by atoms with Gasteiger partial charge in [-0.2, -0.15) is 4.98 Å². The number of aromatic nitrogens is 2. The Morgan fingerprint density at radius 3 is 2.81 bits per heavy atom. The molecule has 0 saturated carbocycles. The smallest absolute Gasteiger partial charge is 0.259 e. The lowest BCUT2D eigenvalue weighted by molar-refractivity contribution is 0.0984. The lowest BCUT2D eigenvalue weighted by Crippen LogP contribution is -2.31. The van der Waals surface area contributed by atoms with Crippen molar-refractivity contribution in [1.29, 1.82) is 0 Å². The summed E-state index contributed by atoms with van der Waals surface area (Å²) < 4.78 is 10.6. The van der Waals surface area contributed by atoms with Gasteiger partial charge in [0.05, 0.1) is 17.5 Å². The molecule has 4 aromatic rings. The van der Waals surface area contributed by atoms with E-state index in [0.717, 1.165) is 33.0 Å². The second-order valence-electron chi connectivity index (χ2n) is 7.04. The molecule has 0 atom stereocenters. The van der Waals surface area contributed by atoms with Crippen LogP contribution in [0, 0.1) is 0 Å². The number of anilines is 1. The molecule has 31 heavy (non-hydrogen) atoms. The molecule has 0 spiro atoms. The number of amides is 1. The zero-order valence-electron chi connectivity index (χ0n) is 16.8. The molecule has 6 nitrogen and oxygen atoms in total. The molecule has 0 unspecified atom stereocenters. The van der Waals surface area contributed by atoms with E-state index in [0.29, 0.717) is 24.0 Å². The highest BCUT2D eigenvalue weighted by molar-refractivity contribution is 7.99. The summed E-state index contributed by atoms with van der Waals surface area (Å²) in [7, 11) is 0. The van der Waals surface area contributed by atoms with Gasteiger partial charge >= 0.3 is 0 Å². The van der Waals surface area contributed by atoms with Crippen LogP contribution < -0.4 is 4.90 Å². The van der Waals surface area contributed by atoms with Gasteiger partial charge in [-0.3, -0.25) is 4.79 Å². The van der Waals surface area contributed by atoms with E-state index in [1.54, 1.807) is 30.2 Å². The highest BCUT2D eigenvalue weighted by atomic mass is 32.2. The van der Waals surface area contributed by atoms with Crippen LogP contribution in [0.15, 0.2) is 79.6 Å². The van der Waals surface area contributed by atoms with Crippen LogP contribution in [0.25, 0.3) is 23.5 Å². The topological polar surface area (TPSA) is 72.4 Å². The van der Waals surface area contributed by atoms with Crippen LogP contribution in [-0.2, 0) is 0 Å². The number of hydrogen-bond donors (Lipinski definition) is 0. The second kappa shape index (κ2) is 8.28. The molecule has 0 N–H and O–H groups in total. The van der Waals surface area contributed by atoms with E-state index in [2.05, 4.69) is 17.1 Å². The molecule has 0 fully saturated rings. The van der Waals surface area contributed by atoms with E-state index in [1.165, 1.54) is 0 Å². The highest BCUT2D eigenvalue weighted by Gasteiger charge is 2.27. The van der Waals surface area contributed by atoms with Crippen molar-refractivity contribution in [2.75, 3.05) is 11.4 Å². The molecule has 154 valence electrons. The molecule has 2 aromatic carbocycles. The zero-order valence-corrected chi connectivity index (χ0v) is 17.6. The summed E-state index contributed by atoms with van der Waals surface area (Å²) in [4.78, 5) is 21.4. The fourth-order valence-corrected chi connectivity index (χ4v) is 4.59. The van der Waals surface area contributed by atoms with Gasteiger partial charge in [-0.05, 0) is 55.0 Å². The van der Waals surface area contributed by atoms with Gasteiger partial charge in [-0.1, -0.05) is 36.0 Å². The third-order valence-electron chi connectivity index (χ3n) is 4.91. The minimum atomic E-state index is 0.0290. The molecule has 0 radical (unpaired) electrons. The Hall–Kier alpha value is -3.58. The summed E-state index contributed by atoms with van der Waals surface area (Å²) >= 11 is 1.59. The second-order valence-corrected chi connectivity index (χ2v) is 8.13. The Morgan fingerprint density at radius 2 is 1.97 bits per heavy atom. The van der Waals surface area contributed by atoms with E-state index >= 15 is 0 Å². The molecule has 7 heteroatoms. The van der Waals surface area contributed by atoms with E-state index in [-0.39, 0.29) is 5.91 Å². The molecule has 0 saturated heterocycles. The van der Waals surface area contributed by atoms with Crippen molar-refractivity contribution < 1.29 is 13.7 Å². The minimum Gasteiger partial charge on any atom is -0.465 e. The van der Waals surface area contributed by atoms with Crippen LogP contribution in [0.1, 0.15) is 35.4 Å². The summed E-state index contributed by atoms with van der Waals surface area (Å²) in [5.41, 5.74) is 2.46. The van der Waals surface area contributed by atoms with Gasteiger partial charge in [0.25, 0.3) is 11.8 Å². The van der Waals surface area contributed by atoms with Crippen molar-refractivity contribution in [1.82, 2.24) is 10.1 Å². The lowest BCUT2D eigenvalue weighted by Gasteiger charge is -2.22. The number of fused-ring (bicyclic) bond motifs is 2. The predicted molar refractivity (Wildman–Crippen MR) is 120 cm³/mol. The highest BCUT2D eigenvalue weighted by Crippen LogP contribution is 2.42. The van der Waals surface area contributed by atoms with Crippen molar-refractivity contribution in [3.05, 3.63) is 78.1 Å². The van der Waals surface area contributed by atoms with Gasteiger partial charge in [0.15, 0.2) is 0 Å². The molecule has 1 amide bonds. The number of carbonyl (C=O) groups excluding carboxylic acids is 1. The Morgan fingerprint density at radius 1 is 1.06 bits per heavy atom. The third-order valence-corrected chi connectivity index (χ3v) is 6.04. The van der Waals surface area contributed by atoms with E-state index in [4.69, 9.17) is 8.94 Å². The molecular formula is C24H19N3O3S. The molecule has 1 aliphatic rings. The fraction of sp³-hybridized carbons (Fsp3) is 0.125. The fourth-order valence-electron chi connectivity index (χ4n) is 3.47. The van der Waals surface area contributed by atoms with Crippen molar-refractivity contribution in [3.63, 3.8) is 0 Å². The Balaban J connectivity index is 1.50. The van der Waals surface area contributed by atoms with Crippen LogP contribution in [0.3, 0.4) is 0 Å². The Kier molecular flexibility index (Phi) is 5.18. The molecule has 3 heterocycles. The molecule has 1 aliphatic heterocycles. The first kappa shape index (κ1) is 19.4. The van der Waals surface area contributed by atoms with Crippen LogP contribution in [0.5, 0.6) is 0 Å². The first-order valence-electron chi connectivity index (χ1n) is 10.0. The number of benzene rings is 2. The molecule has 0 bridgehead atoms. The first-order valence-corrected chi connectivity index (χ1v) is 10.8. The average molecular weight is 430 g/mol. The van der Waals surface area contributed by atoms with Crippen molar-refractivity contribution >= 4 is 35.5 Å². The van der Waals surface area contributed by atoms with E-state index in [1.807, 2.05) is 59.5 Å². The number of rotatable bonds is 5. The zero-order chi connectivity index (χ0) is 21.2. The molecular weight excluding hydrogens is 410 g/mol. The monoisotopic (exact) mass is 429 g/mol. The van der Waals surface area contributed by atoms with Gasteiger partial charge in [-0.25, -0.2) is 0 Å². The van der Waals surface area contributed by atoms with Crippen molar-refractivity contribution in [2.24, 2.45) is 0 Å². The van der Waals surface area contributed by atoms with Crippen molar-refractivity contribution in [3.8, 4) is 11.4 Å². The Bertz CT molecular complexity index is 1260. The van der Waals surface area contributed by atoms with Gasteiger partial charge in [0.1, 0.15) is 5.76 Å². The SMILES string of the molecule is CCCN1C(=O)c2ccccc2Sc2cc(-c3noc(/C=C/c4ccco4)n3)ccc21. The summed E-state index contributed by atoms with van der Waals surface area (Å²) in [6, 6.07) is 17.3. The summed E-state index contributed by atoms with van der Waals surface area (Å²) in [6.07, 6.45) is 5.97. The Labute approximate surface area is 183 Å². The van der Waals surface area contributed by atoms with Gasteiger partial charge in [-0.15, -0.1) is 0 Å². The maximum atomic E-state index is 13.2. The van der Waals surface area contributed by atoms with Gasteiger partial charge in [0, 0.05) is 28.0 Å². The normalized spacial score (nSPS) is 13.3. The number of furan rings is 1. The maximum absolute atomic E-state index is 13.2. The number of hydrogen-bond acceptors (Lipinski definition) is 6. The first-order chi connectivity index (χ1) is 15.2. The summed E-state index contributed by atoms with van der Waals surface area (Å²) in [5.74, 6) is 1.62. The van der Waals surface area contributed by atoms with Crippen LogP contribution in [0.4, 0.5) is 5.69 Å². The van der Waals surface area contributed by atoms with Crippen LogP contribution >= 0.6 is 11.8 Å². The van der Waals surface area contributed by atoms with Crippen LogP contribution in [0.2, 0.25) is 0 Å². The quantitative estimate of drug-likeness (QED) is 0.386. The summed E-state index contributed by atoms with van der Waals surface area (Å²) in [6.45, 7) is 2.73. The number of nitrogens with zero attached hydrogens (tertiary/aromatic N) is 3. The summed E-state index contributed by atoms with van der Waals surface area (Å²) in [5, 5.41) is 4.12.